The van der Waals surface area contributed by atoms with E-state index in [2.05, 4.69) is 5.32 Å². The van der Waals surface area contributed by atoms with Gasteiger partial charge in [-0.1, -0.05) is 44.2 Å². The van der Waals surface area contributed by atoms with Gasteiger partial charge in [0.15, 0.2) is 0 Å². The summed E-state index contributed by atoms with van der Waals surface area (Å²) in [4.78, 5) is 12.4. The van der Waals surface area contributed by atoms with Crippen molar-refractivity contribution in [2.75, 3.05) is 30.8 Å². The van der Waals surface area contributed by atoms with Gasteiger partial charge in [0.2, 0.25) is 15.9 Å². The number of nitrogens with one attached hydrogen (secondary N) is 1. The standard InChI is InChI=1S/C22H30N2O4S/c1-17(2)20-9-5-6-10-21(20)24(29(4,26)27)16-22(25)23-15-7-8-18-11-13-19(28-3)14-12-18/h5-6,9-14,17H,7-8,15-16H2,1-4H3,(H,23,25). The number of methoxy groups -OCH3 is 1. The molecule has 7 heteroatoms. The number of hydrogen-bond donors (Lipinski definition) is 1. The predicted molar refractivity (Wildman–Crippen MR) is 117 cm³/mol. The van der Waals surface area contributed by atoms with Crippen molar-refractivity contribution in [1.82, 2.24) is 5.32 Å². The van der Waals surface area contributed by atoms with E-state index in [9.17, 15) is 13.2 Å². The molecule has 0 fully saturated rings. The summed E-state index contributed by atoms with van der Waals surface area (Å²) >= 11 is 0. The first kappa shape index (κ1) is 22.7. The summed E-state index contributed by atoms with van der Waals surface area (Å²) in [6.45, 7) is 4.25. The largest absolute Gasteiger partial charge is 0.497 e. The molecule has 0 aliphatic rings. The summed E-state index contributed by atoms with van der Waals surface area (Å²) in [5.74, 6) is 0.635. The monoisotopic (exact) mass is 418 g/mol. The molecule has 0 aliphatic heterocycles. The molecule has 1 amide bonds. The second-order valence-corrected chi connectivity index (χ2v) is 9.19. The lowest BCUT2D eigenvalue weighted by molar-refractivity contribution is -0.119. The minimum Gasteiger partial charge on any atom is -0.497 e. The SMILES string of the molecule is COc1ccc(CCCNC(=O)CN(c2ccccc2C(C)C)S(C)(=O)=O)cc1. The van der Waals surface area contributed by atoms with Gasteiger partial charge in [-0.3, -0.25) is 9.10 Å². The van der Waals surface area contributed by atoms with Crippen molar-refractivity contribution in [3.63, 3.8) is 0 Å². The molecule has 2 aromatic rings. The Morgan fingerprint density at radius 1 is 1.10 bits per heavy atom. The van der Waals surface area contributed by atoms with Gasteiger partial charge in [0.1, 0.15) is 12.3 Å². The number of hydrogen-bond acceptors (Lipinski definition) is 4. The molecule has 0 heterocycles. The van der Waals surface area contributed by atoms with E-state index < -0.39 is 10.0 Å². The van der Waals surface area contributed by atoms with Gasteiger partial charge in [0.25, 0.3) is 0 Å². The molecule has 0 aromatic heterocycles. The minimum atomic E-state index is -3.59. The molecule has 6 nitrogen and oxygen atoms in total. The fourth-order valence-corrected chi connectivity index (χ4v) is 3.96. The molecule has 0 aliphatic carbocycles. The number of carbonyl (C=O) groups excluding carboxylic acids is 1. The van der Waals surface area contributed by atoms with Crippen molar-refractivity contribution in [3.8, 4) is 5.75 Å². The Hall–Kier alpha value is -2.54. The first-order valence-corrected chi connectivity index (χ1v) is 11.5. The molecule has 158 valence electrons. The van der Waals surface area contributed by atoms with Crippen molar-refractivity contribution in [2.24, 2.45) is 0 Å². The number of aryl methyl sites for hydroxylation is 1. The molecule has 0 unspecified atom stereocenters. The Labute approximate surface area is 173 Å². The molecule has 29 heavy (non-hydrogen) atoms. The highest BCUT2D eigenvalue weighted by atomic mass is 32.2. The summed E-state index contributed by atoms with van der Waals surface area (Å²) in [7, 11) is -1.96. The fourth-order valence-electron chi connectivity index (χ4n) is 3.08. The molecule has 0 atom stereocenters. The predicted octanol–water partition coefficient (Wildman–Crippen LogP) is 3.33. The van der Waals surface area contributed by atoms with Gasteiger partial charge >= 0.3 is 0 Å². The second kappa shape index (κ2) is 10.3. The summed E-state index contributed by atoms with van der Waals surface area (Å²) < 4.78 is 31.0. The number of rotatable bonds is 10. The summed E-state index contributed by atoms with van der Waals surface area (Å²) in [6.07, 6.45) is 2.71. The van der Waals surface area contributed by atoms with E-state index in [1.54, 1.807) is 19.2 Å². The Kier molecular flexibility index (Phi) is 8.08. The Balaban J connectivity index is 1.95. The number of anilines is 1. The average Bonchev–Trinajstić information content (AvgIpc) is 2.69. The van der Waals surface area contributed by atoms with E-state index in [1.807, 2.05) is 50.2 Å². The molecule has 0 saturated heterocycles. The van der Waals surface area contributed by atoms with Crippen molar-refractivity contribution < 1.29 is 17.9 Å². The maximum atomic E-state index is 12.4. The minimum absolute atomic E-state index is 0.142. The van der Waals surface area contributed by atoms with Crippen molar-refractivity contribution >= 4 is 21.6 Å². The van der Waals surface area contributed by atoms with Gasteiger partial charge in [0, 0.05) is 6.54 Å². The number of sulfonamides is 1. The molecule has 0 spiro atoms. The fraction of sp³-hybridized carbons (Fsp3) is 0.409. The topological polar surface area (TPSA) is 75.7 Å². The molecule has 2 aromatic carbocycles. The van der Waals surface area contributed by atoms with E-state index in [1.165, 1.54) is 4.31 Å². The maximum absolute atomic E-state index is 12.4. The van der Waals surface area contributed by atoms with Crippen LogP contribution in [-0.2, 0) is 21.2 Å². The zero-order valence-electron chi connectivity index (χ0n) is 17.5. The normalized spacial score (nSPS) is 11.3. The van der Waals surface area contributed by atoms with Crippen LogP contribution in [0.15, 0.2) is 48.5 Å². The van der Waals surface area contributed by atoms with Crippen LogP contribution in [0, 0.1) is 0 Å². The van der Waals surface area contributed by atoms with E-state index in [-0.39, 0.29) is 18.4 Å². The smallest absolute Gasteiger partial charge is 0.240 e. The molecule has 1 N–H and O–H groups in total. The number of ether oxygens (including phenoxy) is 1. The molecule has 0 saturated carbocycles. The van der Waals surface area contributed by atoms with Crippen LogP contribution in [0.1, 0.15) is 37.3 Å². The lowest BCUT2D eigenvalue weighted by atomic mass is 10.0. The van der Waals surface area contributed by atoms with Gasteiger partial charge < -0.3 is 10.1 Å². The number of carbonyl (C=O) groups is 1. The zero-order chi connectivity index (χ0) is 21.4. The van der Waals surface area contributed by atoms with Crippen LogP contribution in [-0.4, -0.2) is 40.8 Å². The quantitative estimate of drug-likeness (QED) is 0.601. The summed E-state index contributed by atoms with van der Waals surface area (Å²) in [5.41, 5.74) is 2.60. The van der Waals surface area contributed by atoms with E-state index in [4.69, 9.17) is 4.74 Å². The lowest BCUT2D eigenvalue weighted by Crippen LogP contribution is -2.41. The van der Waals surface area contributed by atoms with Crippen LogP contribution in [0.2, 0.25) is 0 Å². The van der Waals surface area contributed by atoms with Crippen LogP contribution >= 0.6 is 0 Å². The van der Waals surface area contributed by atoms with Crippen LogP contribution in [0.25, 0.3) is 0 Å². The molecule has 0 bridgehead atoms. The number of para-hydroxylation sites is 1. The van der Waals surface area contributed by atoms with Crippen LogP contribution < -0.4 is 14.4 Å². The van der Waals surface area contributed by atoms with E-state index in [0.717, 1.165) is 36.0 Å². The van der Waals surface area contributed by atoms with Crippen molar-refractivity contribution in [3.05, 3.63) is 59.7 Å². The van der Waals surface area contributed by atoms with E-state index >= 15 is 0 Å². The van der Waals surface area contributed by atoms with Gasteiger partial charge in [-0.05, 0) is 48.1 Å². The van der Waals surface area contributed by atoms with E-state index in [0.29, 0.717) is 12.2 Å². The molecule has 0 radical (unpaired) electrons. The van der Waals surface area contributed by atoms with Crippen LogP contribution in [0.3, 0.4) is 0 Å². The van der Waals surface area contributed by atoms with Gasteiger partial charge in [-0.15, -0.1) is 0 Å². The van der Waals surface area contributed by atoms with Gasteiger partial charge in [0.05, 0.1) is 19.1 Å². The van der Waals surface area contributed by atoms with Crippen molar-refractivity contribution in [1.29, 1.82) is 0 Å². The van der Waals surface area contributed by atoms with Gasteiger partial charge in [-0.2, -0.15) is 0 Å². The number of nitrogens with zero attached hydrogens (tertiary/aromatic N) is 1. The van der Waals surface area contributed by atoms with Crippen LogP contribution in [0.5, 0.6) is 5.75 Å². The Bertz CT molecular complexity index is 909. The second-order valence-electron chi connectivity index (χ2n) is 7.28. The number of benzene rings is 2. The highest BCUT2D eigenvalue weighted by molar-refractivity contribution is 7.92. The van der Waals surface area contributed by atoms with Crippen molar-refractivity contribution in [2.45, 2.75) is 32.6 Å². The third kappa shape index (κ3) is 6.78. The molecule has 2 rings (SSSR count). The lowest BCUT2D eigenvalue weighted by Gasteiger charge is -2.25. The van der Waals surface area contributed by atoms with Crippen LogP contribution in [0.4, 0.5) is 5.69 Å². The zero-order valence-corrected chi connectivity index (χ0v) is 18.3. The molecular formula is C22H30N2O4S. The molecular weight excluding hydrogens is 388 g/mol. The average molecular weight is 419 g/mol. The third-order valence-corrected chi connectivity index (χ3v) is 5.76. The summed E-state index contributed by atoms with van der Waals surface area (Å²) in [6, 6.07) is 15.1. The first-order chi connectivity index (χ1) is 13.7. The Morgan fingerprint density at radius 2 is 1.76 bits per heavy atom. The Morgan fingerprint density at radius 3 is 2.34 bits per heavy atom. The van der Waals surface area contributed by atoms with Gasteiger partial charge in [-0.25, -0.2) is 8.42 Å². The maximum Gasteiger partial charge on any atom is 0.240 e. The first-order valence-electron chi connectivity index (χ1n) is 9.68. The number of amides is 1. The highest BCUT2D eigenvalue weighted by Crippen LogP contribution is 2.28. The summed E-state index contributed by atoms with van der Waals surface area (Å²) in [5, 5.41) is 2.83. The third-order valence-electron chi connectivity index (χ3n) is 4.64. The highest BCUT2D eigenvalue weighted by Gasteiger charge is 2.23.